The highest BCUT2D eigenvalue weighted by Crippen LogP contribution is 2.27. The van der Waals surface area contributed by atoms with Gasteiger partial charge in [0.1, 0.15) is 5.56 Å². The molecular formula is C12H14FN3O3. The Hall–Kier alpha value is -2.18. The molecule has 1 amide bonds. The highest BCUT2D eigenvalue weighted by atomic mass is 19.1. The Morgan fingerprint density at radius 3 is 2.74 bits per heavy atom. The highest BCUT2D eigenvalue weighted by Gasteiger charge is 2.28. The van der Waals surface area contributed by atoms with Gasteiger partial charge in [-0.25, -0.2) is 4.39 Å². The summed E-state index contributed by atoms with van der Waals surface area (Å²) in [5.74, 6) is -1.27. The van der Waals surface area contributed by atoms with Crippen LogP contribution in [0.25, 0.3) is 0 Å². The summed E-state index contributed by atoms with van der Waals surface area (Å²) >= 11 is 0. The molecule has 102 valence electrons. The van der Waals surface area contributed by atoms with E-state index in [4.69, 9.17) is 0 Å². The van der Waals surface area contributed by atoms with Gasteiger partial charge in [0, 0.05) is 12.6 Å². The number of halogens is 1. The fourth-order valence-electron chi connectivity index (χ4n) is 1.71. The molecule has 19 heavy (non-hydrogen) atoms. The third-order valence-electron chi connectivity index (χ3n) is 2.81. The van der Waals surface area contributed by atoms with Crippen molar-refractivity contribution in [3.63, 3.8) is 0 Å². The number of amides is 1. The number of benzene rings is 1. The fourth-order valence-corrected chi connectivity index (χ4v) is 1.71. The van der Waals surface area contributed by atoms with Gasteiger partial charge in [-0.15, -0.1) is 0 Å². The van der Waals surface area contributed by atoms with E-state index in [1.807, 2.05) is 0 Å². The van der Waals surface area contributed by atoms with Gasteiger partial charge in [-0.2, -0.15) is 0 Å². The first-order valence-corrected chi connectivity index (χ1v) is 6.05. The van der Waals surface area contributed by atoms with Crippen molar-refractivity contribution in [2.75, 3.05) is 11.9 Å². The minimum Gasteiger partial charge on any atom is -0.383 e. The lowest BCUT2D eigenvalue weighted by molar-refractivity contribution is -0.385. The van der Waals surface area contributed by atoms with Crippen molar-refractivity contribution in [3.8, 4) is 0 Å². The van der Waals surface area contributed by atoms with Crippen molar-refractivity contribution < 1.29 is 14.1 Å². The van der Waals surface area contributed by atoms with E-state index in [-0.39, 0.29) is 17.3 Å². The molecule has 0 atom stereocenters. The van der Waals surface area contributed by atoms with Crippen LogP contribution in [0.4, 0.5) is 15.8 Å². The number of carbonyl (C=O) groups excluding carboxylic acids is 1. The largest absolute Gasteiger partial charge is 0.383 e. The molecule has 1 saturated carbocycles. The summed E-state index contributed by atoms with van der Waals surface area (Å²) in [6.07, 6.45) is 1.75. The van der Waals surface area contributed by atoms with E-state index >= 15 is 0 Å². The summed E-state index contributed by atoms with van der Waals surface area (Å²) in [6.45, 7) is 2.23. The molecule has 1 aromatic rings. The molecule has 1 aromatic carbocycles. The van der Waals surface area contributed by atoms with E-state index in [0.717, 1.165) is 18.9 Å². The van der Waals surface area contributed by atoms with Crippen LogP contribution < -0.4 is 10.6 Å². The zero-order valence-electron chi connectivity index (χ0n) is 10.4. The standard InChI is InChI=1S/C12H14FN3O3/c1-2-14-10-5-8(12(17)15-7-3-4-7)11(16(18)19)6-9(10)13/h5-7,14H,2-4H2,1H3,(H,15,17). The maximum absolute atomic E-state index is 13.6. The Morgan fingerprint density at radius 1 is 1.53 bits per heavy atom. The van der Waals surface area contributed by atoms with E-state index < -0.39 is 22.3 Å². The van der Waals surface area contributed by atoms with Crippen LogP contribution in [0.3, 0.4) is 0 Å². The summed E-state index contributed by atoms with van der Waals surface area (Å²) in [7, 11) is 0. The molecule has 0 radical (unpaired) electrons. The Bertz CT molecular complexity index is 529. The SMILES string of the molecule is CCNc1cc(C(=O)NC2CC2)c([N+](=O)[O-])cc1F. The van der Waals surface area contributed by atoms with Crippen molar-refractivity contribution in [1.82, 2.24) is 5.32 Å². The molecule has 0 unspecified atom stereocenters. The average Bonchev–Trinajstić information content (AvgIpc) is 3.15. The van der Waals surface area contributed by atoms with Gasteiger partial charge in [-0.05, 0) is 25.8 Å². The van der Waals surface area contributed by atoms with Crippen LogP contribution in [0.1, 0.15) is 30.1 Å². The molecule has 2 N–H and O–H groups in total. The molecule has 6 nitrogen and oxygen atoms in total. The van der Waals surface area contributed by atoms with E-state index in [9.17, 15) is 19.3 Å². The molecule has 0 bridgehead atoms. The molecule has 0 spiro atoms. The summed E-state index contributed by atoms with van der Waals surface area (Å²) in [5, 5.41) is 16.3. The first kappa shape index (κ1) is 13.3. The van der Waals surface area contributed by atoms with Gasteiger partial charge in [0.2, 0.25) is 0 Å². The van der Waals surface area contributed by atoms with E-state index in [1.54, 1.807) is 6.92 Å². The summed E-state index contributed by atoms with van der Waals surface area (Å²) in [6, 6.07) is 2.05. The fraction of sp³-hybridized carbons (Fsp3) is 0.417. The monoisotopic (exact) mass is 267 g/mol. The predicted octanol–water partition coefficient (Wildman–Crippen LogP) is 2.06. The molecule has 1 aliphatic carbocycles. The molecular weight excluding hydrogens is 253 g/mol. The number of nitro benzene ring substituents is 1. The van der Waals surface area contributed by atoms with Gasteiger partial charge < -0.3 is 10.6 Å². The molecule has 0 aliphatic heterocycles. The second kappa shape index (κ2) is 5.21. The van der Waals surface area contributed by atoms with Gasteiger partial charge in [0.15, 0.2) is 5.82 Å². The van der Waals surface area contributed by atoms with E-state index in [2.05, 4.69) is 10.6 Å². The molecule has 0 saturated heterocycles. The Morgan fingerprint density at radius 2 is 2.21 bits per heavy atom. The van der Waals surface area contributed by atoms with Crippen LogP contribution in [0, 0.1) is 15.9 Å². The van der Waals surface area contributed by atoms with Crippen LogP contribution in [0.15, 0.2) is 12.1 Å². The lowest BCUT2D eigenvalue weighted by Gasteiger charge is -2.09. The van der Waals surface area contributed by atoms with Gasteiger partial charge >= 0.3 is 0 Å². The molecule has 1 fully saturated rings. The normalized spacial score (nSPS) is 14.0. The first-order valence-electron chi connectivity index (χ1n) is 6.05. The minimum absolute atomic E-state index is 0.0831. The molecule has 1 aliphatic rings. The molecule has 2 rings (SSSR count). The van der Waals surface area contributed by atoms with E-state index in [0.29, 0.717) is 6.54 Å². The highest BCUT2D eigenvalue weighted by molar-refractivity contribution is 5.99. The van der Waals surface area contributed by atoms with Crippen molar-refractivity contribution in [1.29, 1.82) is 0 Å². The summed E-state index contributed by atoms with van der Waals surface area (Å²) in [5.41, 5.74) is -0.541. The number of nitrogens with zero attached hydrogens (tertiary/aromatic N) is 1. The van der Waals surface area contributed by atoms with Gasteiger partial charge in [0.25, 0.3) is 11.6 Å². The number of carbonyl (C=O) groups is 1. The molecule has 0 aromatic heterocycles. The number of rotatable bonds is 5. The first-order chi connectivity index (χ1) is 9.02. The zero-order chi connectivity index (χ0) is 14.0. The lowest BCUT2D eigenvalue weighted by atomic mass is 10.1. The number of nitro groups is 1. The van der Waals surface area contributed by atoms with Gasteiger partial charge in [0.05, 0.1) is 16.7 Å². The second-order valence-electron chi connectivity index (χ2n) is 4.38. The Balaban J connectivity index is 2.38. The maximum Gasteiger partial charge on any atom is 0.285 e. The van der Waals surface area contributed by atoms with Crippen LogP contribution >= 0.6 is 0 Å². The number of nitrogens with one attached hydrogen (secondary N) is 2. The number of hydrogen-bond acceptors (Lipinski definition) is 4. The van der Waals surface area contributed by atoms with Crippen LogP contribution in [-0.2, 0) is 0 Å². The van der Waals surface area contributed by atoms with Crippen molar-refractivity contribution in [2.24, 2.45) is 0 Å². The predicted molar refractivity (Wildman–Crippen MR) is 67.7 cm³/mol. The van der Waals surface area contributed by atoms with Crippen LogP contribution in [0.5, 0.6) is 0 Å². The molecule has 0 heterocycles. The molecule has 7 heteroatoms. The van der Waals surface area contributed by atoms with Crippen LogP contribution in [0.2, 0.25) is 0 Å². The average molecular weight is 267 g/mol. The quantitative estimate of drug-likeness (QED) is 0.631. The van der Waals surface area contributed by atoms with Gasteiger partial charge in [-0.1, -0.05) is 0 Å². The topological polar surface area (TPSA) is 84.3 Å². The third kappa shape index (κ3) is 2.98. The maximum atomic E-state index is 13.6. The smallest absolute Gasteiger partial charge is 0.285 e. The van der Waals surface area contributed by atoms with Crippen molar-refractivity contribution >= 4 is 17.3 Å². The Labute approximate surface area is 109 Å². The lowest BCUT2D eigenvalue weighted by Crippen LogP contribution is -2.26. The van der Waals surface area contributed by atoms with Crippen molar-refractivity contribution in [2.45, 2.75) is 25.8 Å². The van der Waals surface area contributed by atoms with E-state index in [1.165, 1.54) is 6.07 Å². The van der Waals surface area contributed by atoms with Crippen LogP contribution in [-0.4, -0.2) is 23.4 Å². The number of hydrogen-bond donors (Lipinski definition) is 2. The number of anilines is 1. The van der Waals surface area contributed by atoms with Crippen molar-refractivity contribution in [3.05, 3.63) is 33.6 Å². The third-order valence-corrected chi connectivity index (χ3v) is 2.81. The summed E-state index contributed by atoms with van der Waals surface area (Å²) in [4.78, 5) is 22.1. The zero-order valence-corrected chi connectivity index (χ0v) is 10.4. The summed E-state index contributed by atoms with van der Waals surface area (Å²) < 4.78 is 13.6. The van der Waals surface area contributed by atoms with Gasteiger partial charge in [-0.3, -0.25) is 14.9 Å². The second-order valence-corrected chi connectivity index (χ2v) is 4.38. The Kier molecular flexibility index (Phi) is 3.64. The minimum atomic E-state index is -0.749.